The lowest BCUT2D eigenvalue weighted by atomic mass is 9.73. The van der Waals surface area contributed by atoms with Gasteiger partial charge in [-0.2, -0.15) is 5.26 Å². The molecule has 100 valence electrons. The highest BCUT2D eigenvalue weighted by molar-refractivity contribution is 5.35. The third kappa shape index (κ3) is 2.28. The van der Waals surface area contributed by atoms with Gasteiger partial charge in [-0.15, -0.1) is 0 Å². The van der Waals surface area contributed by atoms with Gasteiger partial charge in [0.05, 0.1) is 11.5 Å². The number of aryl methyl sites for hydroxylation is 1. The smallest absolute Gasteiger partial charge is 0.0846 e. The second kappa shape index (κ2) is 4.98. The van der Waals surface area contributed by atoms with Crippen molar-refractivity contribution in [3.05, 3.63) is 35.4 Å². The summed E-state index contributed by atoms with van der Waals surface area (Å²) in [7, 11) is 0. The minimum absolute atomic E-state index is 0.242. The predicted octanol–water partition coefficient (Wildman–Crippen LogP) is 3.40. The van der Waals surface area contributed by atoms with E-state index < -0.39 is 0 Å². The van der Waals surface area contributed by atoms with Gasteiger partial charge in [0.1, 0.15) is 0 Å². The summed E-state index contributed by atoms with van der Waals surface area (Å²) < 4.78 is 0. The van der Waals surface area contributed by atoms with Crippen LogP contribution in [0.3, 0.4) is 0 Å². The van der Waals surface area contributed by atoms with E-state index in [0.717, 1.165) is 32.0 Å². The van der Waals surface area contributed by atoms with E-state index >= 15 is 0 Å². The number of nitriles is 1. The molecule has 2 fully saturated rings. The number of rotatable bonds is 2. The van der Waals surface area contributed by atoms with Gasteiger partial charge in [0.15, 0.2) is 0 Å². The zero-order valence-corrected chi connectivity index (χ0v) is 11.7. The molecular formula is C17H22N2. The van der Waals surface area contributed by atoms with Crippen LogP contribution in [0.25, 0.3) is 0 Å². The Morgan fingerprint density at radius 1 is 1.16 bits per heavy atom. The average Bonchev–Trinajstić information content (AvgIpc) is 2.39. The van der Waals surface area contributed by atoms with Crippen molar-refractivity contribution in [3.63, 3.8) is 0 Å². The summed E-state index contributed by atoms with van der Waals surface area (Å²) in [6.45, 7) is 4.28. The van der Waals surface area contributed by atoms with Crippen molar-refractivity contribution in [1.29, 1.82) is 5.26 Å². The fourth-order valence-electron chi connectivity index (χ4n) is 3.36. The molecular weight excluding hydrogens is 232 g/mol. The monoisotopic (exact) mass is 254 g/mol. The maximum atomic E-state index is 9.69. The van der Waals surface area contributed by atoms with E-state index in [2.05, 4.69) is 42.2 Å². The van der Waals surface area contributed by atoms with Crippen LogP contribution in [0.4, 0.5) is 0 Å². The zero-order valence-electron chi connectivity index (χ0n) is 11.7. The Morgan fingerprint density at radius 3 is 2.26 bits per heavy atom. The Labute approximate surface area is 116 Å². The van der Waals surface area contributed by atoms with Crippen LogP contribution in [-0.2, 0) is 5.41 Å². The van der Waals surface area contributed by atoms with Gasteiger partial charge in [0.25, 0.3) is 0 Å². The van der Waals surface area contributed by atoms with Crippen LogP contribution in [0.15, 0.2) is 24.3 Å². The van der Waals surface area contributed by atoms with Gasteiger partial charge in [-0.3, -0.25) is 0 Å². The van der Waals surface area contributed by atoms with Gasteiger partial charge in [0.2, 0.25) is 0 Å². The van der Waals surface area contributed by atoms with Crippen LogP contribution >= 0.6 is 0 Å². The molecule has 2 aliphatic rings. The molecule has 0 amide bonds. The lowest BCUT2D eigenvalue weighted by molar-refractivity contribution is 0.0854. The third-order valence-electron chi connectivity index (χ3n) is 5.06. The highest BCUT2D eigenvalue weighted by Crippen LogP contribution is 2.37. The second-order valence-corrected chi connectivity index (χ2v) is 6.18. The predicted molar refractivity (Wildman–Crippen MR) is 76.9 cm³/mol. The van der Waals surface area contributed by atoms with Crippen molar-refractivity contribution in [2.24, 2.45) is 0 Å². The standard InChI is InChI=1S/C17H22N2/c1-14-5-7-15(8-6-14)17(13-18)9-11-19(12-10-17)16-3-2-4-16/h5-8,16H,2-4,9-12H2,1H3. The Hall–Kier alpha value is -1.33. The van der Waals surface area contributed by atoms with E-state index in [-0.39, 0.29) is 5.41 Å². The van der Waals surface area contributed by atoms with Crippen LogP contribution in [-0.4, -0.2) is 24.0 Å². The largest absolute Gasteiger partial charge is 0.300 e. The van der Waals surface area contributed by atoms with Gasteiger partial charge in [-0.1, -0.05) is 36.2 Å². The Bertz CT molecular complexity index is 471. The van der Waals surface area contributed by atoms with E-state index in [1.54, 1.807) is 0 Å². The molecule has 0 spiro atoms. The van der Waals surface area contributed by atoms with Crippen LogP contribution < -0.4 is 0 Å². The SMILES string of the molecule is Cc1ccc(C2(C#N)CCN(C3CCC3)CC2)cc1. The first-order chi connectivity index (χ1) is 9.23. The molecule has 0 atom stereocenters. The molecule has 19 heavy (non-hydrogen) atoms. The first-order valence-corrected chi connectivity index (χ1v) is 7.46. The third-order valence-corrected chi connectivity index (χ3v) is 5.06. The molecule has 3 rings (SSSR count). The van der Waals surface area contributed by atoms with E-state index in [0.29, 0.717) is 0 Å². The fourth-order valence-corrected chi connectivity index (χ4v) is 3.36. The number of nitrogens with zero attached hydrogens (tertiary/aromatic N) is 2. The first kappa shape index (κ1) is 12.7. The summed E-state index contributed by atoms with van der Waals surface area (Å²) in [6, 6.07) is 12.0. The van der Waals surface area contributed by atoms with Crippen molar-refractivity contribution in [2.45, 2.75) is 50.5 Å². The normalized spacial score (nSPS) is 23.6. The molecule has 0 radical (unpaired) electrons. The molecule has 1 saturated heterocycles. The van der Waals surface area contributed by atoms with Crippen LogP contribution in [0.5, 0.6) is 0 Å². The second-order valence-electron chi connectivity index (χ2n) is 6.18. The molecule has 1 saturated carbocycles. The lowest BCUT2D eigenvalue weighted by Gasteiger charge is -2.44. The minimum atomic E-state index is -0.242. The highest BCUT2D eigenvalue weighted by atomic mass is 15.2. The number of hydrogen-bond acceptors (Lipinski definition) is 2. The lowest BCUT2D eigenvalue weighted by Crippen LogP contribution is -2.48. The van der Waals surface area contributed by atoms with Crippen molar-refractivity contribution in [2.75, 3.05) is 13.1 Å². The van der Waals surface area contributed by atoms with Gasteiger partial charge in [0, 0.05) is 19.1 Å². The van der Waals surface area contributed by atoms with Crippen LogP contribution in [0.2, 0.25) is 0 Å². The van der Waals surface area contributed by atoms with E-state index in [1.165, 1.54) is 30.4 Å². The molecule has 1 aliphatic heterocycles. The quantitative estimate of drug-likeness (QED) is 0.808. The van der Waals surface area contributed by atoms with Crippen LogP contribution in [0.1, 0.15) is 43.2 Å². The first-order valence-electron chi connectivity index (χ1n) is 7.46. The Morgan fingerprint density at radius 2 is 1.79 bits per heavy atom. The van der Waals surface area contributed by atoms with Gasteiger partial charge < -0.3 is 4.90 Å². The summed E-state index contributed by atoms with van der Waals surface area (Å²) in [4.78, 5) is 2.60. The van der Waals surface area contributed by atoms with Crippen molar-refractivity contribution >= 4 is 0 Å². The fraction of sp³-hybridized carbons (Fsp3) is 0.588. The van der Waals surface area contributed by atoms with E-state index in [4.69, 9.17) is 0 Å². The van der Waals surface area contributed by atoms with Gasteiger partial charge in [-0.05, 0) is 38.2 Å². The van der Waals surface area contributed by atoms with E-state index in [9.17, 15) is 5.26 Å². The maximum absolute atomic E-state index is 9.69. The topological polar surface area (TPSA) is 27.0 Å². The summed E-state index contributed by atoms with van der Waals surface area (Å²) in [6.07, 6.45) is 6.10. The van der Waals surface area contributed by atoms with Crippen LogP contribution in [0, 0.1) is 18.3 Å². The molecule has 2 heteroatoms. The molecule has 1 aromatic carbocycles. The molecule has 1 aromatic rings. The van der Waals surface area contributed by atoms with Crippen molar-refractivity contribution in [3.8, 4) is 6.07 Å². The van der Waals surface area contributed by atoms with Gasteiger partial charge in [-0.25, -0.2) is 0 Å². The number of likely N-dealkylation sites (tertiary alicyclic amines) is 1. The van der Waals surface area contributed by atoms with Gasteiger partial charge >= 0.3 is 0 Å². The molecule has 1 aliphatic carbocycles. The summed E-state index contributed by atoms with van der Waals surface area (Å²) in [5.41, 5.74) is 2.24. The molecule has 1 heterocycles. The summed E-state index contributed by atoms with van der Waals surface area (Å²) >= 11 is 0. The Kier molecular flexibility index (Phi) is 3.33. The zero-order chi connectivity index (χ0) is 13.3. The Balaban J connectivity index is 1.75. The average molecular weight is 254 g/mol. The molecule has 0 N–H and O–H groups in total. The molecule has 0 bridgehead atoms. The minimum Gasteiger partial charge on any atom is -0.300 e. The number of benzene rings is 1. The number of hydrogen-bond donors (Lipinski definition) is 0. The number of piperidine rings is 1. The maximum Gasteiger partial charge on any atom is 0.0846 e. The summed E-state index contributed by atoms with van der Waals surface area (Å²) in [5.74, 6) is 0. The van der Waals surface area contributed by atoms with E-state index in [1.807, 2.05) is 0 Å². The summed E-state index contributed by atoms with van der Waals surface area (Å²) in [5, 5.41) is 9.69. The van der Waals surface area contributed by atoms with Crippen molar-refractivity contribution in [1.82, 2.24) is 4.90 Å². The molecule has 0 aromatic heterocycles. The van der Waals surface area contributed by atoms with Crippen molar-refractivity contribution < 1.29 is 0 Å². The molecule has 2 nitrogen and oxygen atoms in total. The molecule has 0 unspecified atom stereocenters. The highest BCUT2D eigenvalue weighted by Gasteiger charge is 2.38.